The number of thiophene rings is 1. The molecular formula is C18H20N4OS. The first-order valence-corrected chi connectivity index (χ1v) is 9.27. The fourth-order valence-electron chi connectivity index (χ4n) is 3.35. The zero-order valence-corrected chi connectivity index (χ0v) is 14.5. The fraction of sp³-hybridized carbons (Fsp3) is 0.389. The Morgan fingerprint density at radius 2 is 2.21 bits per heavy atom. The third-order valence-corrected chi connectivity index (χ3v) is 5.75. The molecule has 0 fully saturated rings. The lowest BCUT2D eigenvalue weighted by Crippen LogP contribution is -2.24. The number of anilines is 1. The van der Waals surface area contributed by atoms with E-state index >= 15 is 0 Å². The Morgan fingerprint density at radius 1 is 1.33 bits per heavy atom. The van der Waals surface area contributed by atoms with Gasteiger partial charge in [0.15, 0.2) is 0 Å². The molecule has 0 amide bonds. The molecule has 5 nitrogen and oxygen atoms in total. The van der Waals surface area contributed by atoms with Gasteiger partial charge in [0.05, 0.1) is 5.39 Å². The first-order valence-electron chi connectivity index (χ1n) is 8.45. The van der Waals surface area contributed by atoms with Gasteiger partial charge in [0, 0.05) is 30.4 Å². The third kappa shape index (κ3) is 2.60. The number of rotatable bonds is 4. The van der Waals surface area contributed by atoms with Crippen LogP contribution in [0, 0.1) is 0 Å². The topological polar surface area (TPSA) is 59.8 Å². The van der Waals surface area contributed by atoms with Crippen LogP contribution in [0.1, 0.15) is 35.8 Å². The number of aromatic nitrogens is 3. The highest BCUT2D eigenvalue weighted by atomic mass is 32.1. The fourth-order valence-corrected chi connectivity index (χ4v) is 4.60. The van der Waals surface area contributed by atoms with E-state index in [1.807, 2.05) is 25.3 Å². The number of nitrogens with one attached hydrogen (secondary N) is 1. The summed E-state index contributed by atoms with van der Waals surface area (Å²) >= 11 is 1.69. The van der Waals surface area contributed by atoms with E-state index in [1.54, 1.807) is 22.1 Å². The van der Waals surface area contributed by atoms with Crippen molar-refractivity contribution in [1.82, 2.24) is 14.5 Å². The van der Waals surface area contributed by atoms with Crippen molar-refractivity contribution < 1.29 is 0 Å². The van der Waals surface area contributed by atoms with Crippen LogP contribution in [0.15, 0.2) is 29.3 Å². The van der Waals surface area contributed by atoms with Crippen molar-refractivity contribution in [2.45, 2.75) is 45.7 Å². The van der Waals surface area contributed by atoms with Gasteiger partial charge in [-0.15, -0.1) is 11.3 Å². The van der Waals surface area contributed by atoms with E-state index in [0.29, 0.717) is 19.0 Å². The first kappa shape index (κ1) is 15.3. The van der Waals surface area contributed by atoms with Crippen LogP contribution in [0.4, 0.5) is 5.95 Å². The molecule has 0 aliphatic heterocycles. The summed E-state index contributed by atoms with van der Waals surface area (Å²) < 4.78 is 1.75. The molecule has 3 aromatic rings. The predicted octanol–water partition coefficient (Wildman–Crippen LogP) is 3.36. The average molecular weight is 340 g/mol. The van der Waals surface area contributed by atoms with Gasteiger partial charge in [0.25, 0.3) is 5.56 Å². The van der Waals surface area contributed by atoms with E-state index in [1.165, 1.54) is 23.3 Å². The minimum absolute atomic E-state index is 0.0931. The maximum Gasteiger partial charge on any atom is 0.263 e. The summed E-state index contributed by atoms with van der Waals surface area (Å²) in [6.07, 6.45) is 8.06. The summed E-state index contributed by atoms with van der Waals surface area (Å²) in [6, 6.07) is 3.92. The number of hydrogen-bond donors (Lipinski definition) is 1. The van der Waals surface area contributed by atoms with Gasteiger partial charge >= 0.3 is 0 Å². The van der Waals surface area contributed by atoms with E-state index in [-0.39, 0.29) is 5.56 Å². The molecule has 1 aliphatic rings. The summed E-state index contributed by atoms with van der Waals surface area (Å²) in [4.78, 5) is 24.1. The molecule has 0 radical (unpaired) electrons. The Balaban J connectivity index is 1.76. The molecule has 0 atom stereocenters. The number of pyridine rings is 1. The van der Waals surface area contributed by atoms with Gasteiger partial charge < -0.3 is 5.32 Å². The lowest BCUT2D eigenvalue weighted by Gasteiger charge is -2.13. The second-order valence-corrected chi connectivity index (χ2v) is 7.17. The molecule has 3 heterocycles. The van der Waals surface area contributed by atoms with E-state index < -0.39 is 0 Å². The molecule has 3 aromatic heterocycles. The van der Waals surface area contributed by atoms with Gasteiger partial charge in [-0.25, -0.2) is 4.98 Å². The zero-order valence-electron chi connectivity index (χ0n) is 13.7. The highest BCUT2D eigenvalue weighted by Crippen LogP contribution is 2.34. The molecule has 0 saturated heterocycles. The highest BCUT2D eigenvalue weighted by Gasteiger charge is 2.21. The van der Waals surface area contributed by atoms with Crippen LogP contribution in [0.5, 0.6) is 0 Å². The molecule has 0 spiro atoms. The van der Waals surface area contributed by atoms with Crippen LogP contribution < -0.4 is 10.9 Å². The normalized spacial score (nSPS) is 13.9. The number of fused-ring (bicyclic) bond motifs is 3. The van der Waals surface area contributed by atoms with Crippen LogP contribution in [-0.4, -0.2) is 14.5 Å². The summed E-state index contributed by atoms with van der Waals surface area (Å²) in [7, 11) is 0. The Morgan fingerprint density at radius 3 is 3.00 bits per heavy atom. The SMILES string of the molecule is CCn1c(NCc2cccnc2)nc2sc3c(c2c1=O)CCCC3. The lowest BCUT2D eigenvalue weighted by molar-refractivity contribution is 0.695. The zero-order chi connectivity index (χ0) is 16.5. The van der Waals surface area contributed by atoms with Gasteiger partial charge in [-0.2, -0.15) is 0 Å². The third-order valence-electron chi connectivity index (χ3n) is 4.56. The molecule has 1 N–H and O–H groups in total. The van der Waals surface area contributed by atoms with Crippen LogP contribution in [0.25, 0.3) is 10.2 Å². The van der Waals surface area contributed by atoms with Crippen molar-refractivity contribution in [1.29, 1.82) is 0 Å². The summed E-state index contributed by atoms with van der Waals surface area (Å²) in [5, 5.41) is 4.16. The highest BCUT2D eigenvalue weighted by molar-refractivity contribution is 7.18. The number of hydrogen-bond acceptors (Lipinski definition) is 5. The molecule has 24 heavy (non-hydrogen) atoms. The molecule has 0 saturated carbocycles. The van der Waals surface area contributed by atoms with Crippen LogP contribution >= 0.6 is 11.3 Å². The minimum atomic E-state index is 0.0931. The second-order valence-electron chi connectivity index (χ2n) is 6.09. The molecule has 0 bridgehead atoms. The predicted molar refractivity (Wildman–Crippen MR) is 97.8 cm³/mol. The van der Waals surface area contributed by atoms with Gasteiger partial charge in [0.2, 0.25) is 5.95 Å². The van der Waals surface area contributed by atoms with Gasteiger partial charge in [-0.3, -0.25) is 14.3 Å². The van der Waals surface area contributed by atoms with Crippen LogP contribution in [0.3, 0.4) is 0 Å². The van der Waals surface area contributed by atoms with Crippen molar-refractivity contribution in [3.05, 3.63) is 50.9 Å². The van der Waals surface area contributed by atoms with E-state index in [4.69, 9.17) is 4.98 Å². The monoisotopic (exact) mass is 340 g/mol. The van der Waals surface area contributed by atoms with Crippen molar-refractivity contribution in [3.8, 4) is 0 Å². The molecule has 4 rings (SSSR count). The maximum atomic E-state index is 13.0. The molecular weight excluding hydrogens is 320 g/mol. The molecule has 0 unspecified atom stereocenters. The molecule has 0 aromatic carbocycles. The standard InChI is InChI=1S/C18H20N4OS/c1-2-22-17(23)15-13-7-3-4-8-14(13)24-16(15)21-18(22)20-11-12-6-5-9-19-10-12/h5-6,9-10H,2-4,7-8,11H2,1H3,(H,20,21). The van der Waals surface area contributed by atoms with E-state index in [0.717, 1.165) is 28.6 Å². The van der Waals surface area contributed by atoms with Gasteiger partial charge in [-0.1, -0.05) is 6.07 Å². The molecule has 1 aliphatic carbocycles. The Hall–Kier alpha value is -2.21. The van der Waals surface area contributed by atoms with Crippen LogP contribution in [-0.2, 0) is 25.9 Å². The number of aryl methyl sites for hydroxylation is 2. The quantitative estimate of drug-likeness (QED) is 0.791. The van der Waals surface area contributed by atoms with Crippen molar-refractivity contribution in [2.75, 3.05) is 5.32 Å². The Labute approximate surface area is 144 Å². The van der Waals surface area contributed by atoms with Crippen molar-refractivity contribution >= 4 is 27.5 Å². The van der Waals surface area contributed by atoms with Gasteiger partial charge in [-0.05, 0) is 49.8 Å². The smallest absolute Gasteiger partial charge is 0.263 e. The van der Waals surface area contributed by atoms with Crippen molar-refractivity contribution in [3.63, 3.8) is 0 Å². The Bertz CT molecular complexity index is 930. The summed E-state index contributed by atoms with van der Waals surface area (Å²) in [6.45, 7) is 3.21. The molecule has 124 valence electrons. The average Bonchev–Trinajstić information content (AvgIpc) is 2.99. The van der Waals surface area contributed by atoms with E-state index in [9.17, 15) is 4.79 Å². The first-order chi connectivity index (χ1) is 11.8. The van der Waals surface area contributed by atoms with Gasteiger partial charge in [0.1, 0.15) is 4.83 Å². The Kier molecular flexibility index (Phi) is 4.06. The minimum Gasteiger partial charge on any atom is -0.351 e. The summed E-state index contributed by atoms with van der Waals surface area (Å²) in [5.74, 6) is 0.650. The van der Waals surface area contributed by atoms with Crippen molar-refractivity contribution in [2.24, 2.45) is 0 Å². The lowest BCUT2D eigenvalue weighted by atomic mass is 9.97. The van der Waals surface area contributed by atoms with Crippen LogP contribution in [0.2, 0.25) is 0 Å². The van der Waals surface area contributed by atoms with E-state index in [2.05, 4.69) is 10.3 Å². The largest absolute Gasteiger partial charge is 0.351 e. The molecule has 6 heteroatoms. The maximum absolute atomic E-state index is 13.0. The summed E-state index contributed by atoms with van der Waals surface area (Å²) in [5.41, 5.74) is 2.41. The number of nitrogens with zero attached hydrogens (tertiary/aromatic N) is 3. The second kappa shape index (κ2) is 6.36.